The number of rotatable bonds is 4. The molecule has 0 radical (unpaired) electrons. The molecule has 124 valence electrons. The first-order valence-corrected chi connectivity index (χ1v) is 7.69. The number of fused-ring (bicyclic) bond motifs is 1. The fourth-order valence-corrected chi connectivity index (χ4v) is 2.54. The van der Waals surface area contributed by atoms with Gasteiger partial charge in [0.2, 0.25) is 5.91 Å². The highest BCUT2D eigenvalue weighted by molar-refractivity contribution is 5.94. The quantitative estimate of drug-likeness (QED) is 0.795. The summed E-state index contributed by atoms with van der Waals surface area (Å²) in [5, 5.41) is 7.13. The first-order chi connectivity index (χ1) is 11.4. The Kier molecular flexibility index (Phi) is 4.16. The van der Waals surface area contributed by atoms with Gasteiger partial charge in [-0.2, -0.15) is 14.6 Å². The molecule has 3 rings (SSSR count). The average Bonchev–Trinajstić information content (AvgIpc) is 2.98. The molecule has 1 aromatic carbocycles. The van der Waals surface area contributed by atoms with Crippen molar-refractivity contribution in [3.05, 3.63) is 47.4 Å². The van der Waals surface area contributed by atoms with Crippen LogP contribution in [-0.2, 0) is 4.79 Å². The molecule has 0 spiro atoms. The predicted octanol–water partition coefficient (Wildman–Crippen LogP) is 2.12. The fourth-order valence-electron chi connectivity index (χ4n) is 2.54. The van der Waals surface area contributed by atoms with Crippen LogP contribution in [0.4, 0.5) is 11.5 Å². The zero-order chi connectivity index (χ0) is 17.3. The maximum absolute atomic E-state index is 12.4. The van der Waals surface area contributed by atoms with E-state index in [1.165, 1.54) is 6.33 Å². The Balaban J connectivity index is 1.78. The van der Waals surface area contributed by atoms with Crippen molar-refractivity contribution in [1.29, 1.82) is 0 Å². The predicted molar refractivity (Wildman–Crippen MR) is 93.3 cm³/mol. The summed E-state index contributed by atoms with van der Waals surface area (Å²) in [6.07, 6.45) is 1.45. The van der Waals surface area contributed by atoms with Crippen molar-refractivity contribution in [2.24, 2.45) is 0 Å². The molecule has 7 nitrogen and oxygen atoms in total. The summed E-state index contributed by atoms with van der Waals surface area (Å²) in [5.74, 6) is 1.20. The molecule has 3 aromatic rings. The van der Waals surface area contributed by atoms with E-state index in [9.17, 15) is 4.79 Å². The molecule has 7 heteroatoms. The average molecular weight is 324 g/mol. The van der Waals surface area contributed by atoms with E-state index >= 15 is 0 Å². The number of hydrogen-bond donors (Lipinski definition) is 1. The van der Waals surface area contributed by atoms with E-state index < -0.39 is 0 Å². The second-order valence-corrected chi connectivity index (χ2v) is 5.95. The van der Waals surface area contributed by atoms with Crippen molar-refractivity contribution in [1.82, 2.24) is 19.6 Å². The van der Waals surface area contributed by atoms with E-state index in [0.717, 1.165) is 28.3 Å². The van der Waals surface area contributed by atoms with Gasteiger partial charge in [0.1, 0.15) is 12.1 Å². The van der Waals surface area contributed by atoms with Crippen LogP contribution in [0.25, 0.3) is 5.78 Å². The monoisotopic (exact) mass is 324 g/mol. The molecule has 2 heterocycles. The van der Waals surface area contributed by atoms with Gasteiger partial charge >= 0.3 is 0 Å². The van der Waals surface area contributed by atoms with Gasteiger partial charge in [-0.1, -0.05) is 12.1 Å². The Morgan fingerprint density at radius 3 is 2.83 bits per heavy atom. The van der Waals surface area contributed by atoms with Crippen molar-refractivity contribution in [2.45, 2.75) is 20.8 Å². The van der Waals surface area contributed by atoms with Gasteiger partial charge in [0.15, 0.2) is 0 Å². The van der Waals surface area contributed by atoms with E-state index in [0.29, 0.717) is 5.78 Å². The number of nitrogens with zero attached hydrogens (tertiary/aromatic N) is 5. The zero-order valence-electron chi connectivity index (χ0n) is 14.2. The number of benzene rings is 1. The normalized spacial score (nSPS) is 10.8. The SMILES string of the molecule is Cc1ccc(C)c(NC(=O)CN(C)c2cc(C)nc3ncnn23)c1. The van der Waals surface area contributed by atoms with Crippen LogP contribution in [0.5, 0.6) is 0 Å². The third-order valence-corrected chi connectivity index (χ3v) is 3.80. The first-order valence-electron chi connectivity index (χ1n) is 7.69. The molecule has 0 atom stereocenters. The van der Waals surface area contributed by atoms with Gasteiger partial charge in [-0.05, 0) is 38.0 Å². The Bertz CT molecular complexity index is 901. The molecule has 0 bridgehead atoms. The molecule has 0 aliphatic carbocycles. The van der Waals surface area contributed by atoms with Gasteiger partial charge < -0.3 is 10.2 Å². The molecule has 0 fully saturated rings. The third kappa shape index (κ3) is 3.19. The Morgan fingerprint density at radius 2 is 2.04 bits per heavy atom. The lowest BCUT2D eigenvalue weighted by Crippen LogP contribution is -2.31. The summed E-state index contributed by atoms with van der Waals surface area (Å²) in [6.45, 7) is 6.07. The van der Waals surface area contributed by atoms with Crippen molar-refractivity contribution in [3.8, 4) is 0 Å². The Morgan fingerprint density at radius 1 is 1.25 bits per heavy atom. The van der Waals surface area contributed by atoms with Crippen LogP contribution < -0.4 is 10.2 Å². The minimum absolute atomic E-state index is 0.0890. The number of carbonyl (C=O) groups excluding carboxylic acids is 1. The summed E-state index contributed by atoms with van der Waals surface area (Å²) < 4.78 is 1.62. The molecule has 0 aliphatic rings. The number of aromatic nitrogens is 4. The second-order valence-electron chi connectivity index (χ2n) is 5.95. The van der Waals surface area contributed by atoms with Crippen LogP contribution in [-0.4, -0.2) is 39.1 Å². The van der Waals surface area contributed by atoms with Gasteiger partial charge in [-0.15, -0.1) is 0 Å². The highest BCUT2D eigenvalue weighted by Crippen LogP contribution is 2.17. The standard InChI is InChI=1S/C17H20N6O/c1-11-5-6-12(2)14(7-11)21-15(24)9-22(4)16-8-13(3)20-17-18-10-19-23(16)17/h5-8,10H,9H2,1-4H3,(H,21,24). The van der Waals surface area contributed by atoms with Gasteiger partial charge in [-0.3, -0.25) is 4.79 Å². The Labute approximate surface area is 140 Å². The van der Waals surface area contributed by atoms with E-state index in [2.05, 4.69) is 20.4 Å². The van der Waals surface area contributed by atoms with Crippen molar-refractivity contribution in [2.75, 3.05) is 23.8 Å². The van der Waals surface area contributed by atoms with Gasteiger partial charge in [0.05, 0.1) is 6.54 Å². The largest absolute Gasteiger partial charge is 0.350 e. The molecule has 1 N–H and O–H groups in total. The number of carbonyl (C=O) groups is 1. The molecule has 0 saturated carbocycles. The molecular formula is C17H20N6O. The molecule has 0 unspecified atom stereocenters. The highest BCUT2D eigenvalue weighted by Gasteiger charge is 2.14. The summed E-state index contributed by atoms with van der Waals surface area (Å²) in [4.78, 5) is 22.6. The van der Waals surface area contributed by atoms with Crippen LogP contribution in [0, 0.1) is 20.8 Å². The number of aryl methyl sites for hydroxylation is 3. The number of amides is 1. The first kappa shape index (κ1) is 15.9. The highest BCUT2D eigenvalue weighted by atomic mass is 16.2. The van der Waals surface area contributed by atoms with E-state index in [1.54, 1.807) is 4.52 Å². The Hall–Kier alpha value is -2.96. The van der Waals surface area contributed by atoms with Crippen molar-refractivity contribution in [3.63, 3.8) is 0 Å². The van der Waals surface area contributed by atoms with Crippen LogP contribution in [0.15, 0.2) is 30.6 Å². The van der Waals surface area contributed by atoms with Crippen LogP contribution in [0.2, 0.25) is 0 Å². The molecule has 2 aromatic heterocycles. The lowest BCUT2D eigenvalue weighted by Gasteiger charge is -2.20. The van der Waals surface area contributed by atoms with E-state index in [1.807, 2.05) is 57.0 Å². The fraction of sp³-hybridized carbons (Fsp3) is 0.294. The van der Waals surface area contributed by atoms with Crippen LogP contribution in [0.1, 0.15) is 16.8 Å². The van der Waals surface area contributed by atoms with Crippen LogP contribution >= 0.6 is 0 Å². The summed E-state index contributed by atoms with van der Waals surface area (Å²) >= 11 is 0. The summed E-state index contributed by atoms with van der Waals surface area (Å²) in [5.41, 5.74) is 3.81. The zero-order valence-corrected chi connectivity index (χ0v) is 14.2. The molecule has 24 heavy (non-hydrogen) atoms. The molecular weight excluding hydrogens is 304 g/mol. The lowest BCUT2D eigenvalue weighted by atomic mass is 10.1. The second kappa shape index (κ2) is 6.27. The van der Waals surface area contributed by atoms with Gasteiger partial charge in [0.25, 0.3) is 5.78 Å². The molecule has 0 aliphatic heterocycles. The number of nitrogens with one attached hydrogen (secondary N) is 1. The summed E-state index contributed by atoms with van der Waals surface area (Å²) in [6, 6.07) is 7.88. The van der Waals surface area contributed by atoms with Gasteiger partial charge in [-0.25, -0.2) is 4.98 Å². The molecule has 1 amide bonds. The third-order valence-electron chi connectivity index (χ3n) is 3.80. The topological polar surface area (TPSA) is 75.4 Å². The van der Waals surface area contributed by atoms with Crippen LogP contribution in [0.3, 0.4) is 0 Å². The maximum atomic E-state index is 12.4. The van der Waals surface area contributed by atoms with Crippen molar-refractivity contribution < 1.29 is 4.79 Å². The number of likely N-dealkylation sites (N-methyl/N-ethyl adjacent to an activating group) is 1. The van der Waals surface area contributed by atoms with E-state index in [-0.39, 0.29) is 12.5 Å². The lowest BCUT2D eigenvalue weighted by molar-refractivity contribution is -0.114. The minimum Gasteiger partial charge on any atom is -0.350 e. The smallest absolute Gasteiger partial charge is 0.254 e. The number of anilines is 2. The number of hydrogen-bond acceptors (Lipinski definition) is 5. The minimum atomic E-state index is -0.0890. The summed E-state index contributed by atoms with van der Waals surface area (Å²) in [7, 11) is 1.85. The van der Waals surface area contributed by atoms with E-state index in [4.69, 9.17) is 0 Å². The van der Waals surface area contributed by atoms with Gasteiger partial charge in [0, 0.05) is 24.5 Å². The molecule has 0 saturated heterocycles. The maximum Gasteiger partial charge on any atom is 0.254 e. The van der Waals surface area contributed by atoms with Crippen molar-refractivity contribution >= 4 is 23.2 Å².